The fraction of sp³-hybridized carbons (Fsp3) is 0.500. The number of hydrogen-bond acceptors (Lipinski definition) is 2. The third-order valence-corrected chi connectivity index (χ3v) is 1.76. The maximum Gasteiger partial charge on any atom is 0.0644 e. The first kappa shape index (κ1) is 7.35. The summed E-state index contributed by atoms with van der Waals surface area (Å²) in [5, 5.41) is 11.8. The van der Waals surface area contributed by atoms with Crippen LogP contribution in [0.1, 0.15) is 12.8 Å². The SMILES string of the molecule is CNC1=CC=C(CO)CC1. The second-order valence-corrected chi connectivity index (χ2v) is 2.42. The molecule has 0 fully saturated rings. The standard InChI is InChI=1S/C8H13NO/c1-9-8-4-2-7(6-10)3-5-8/h2,4,9-10H,3,5-6H2,1H3. The van der Waals surface area contributed by atoms with Crippen LogP contribution in [-0.4, -0.2) is 18.8 Å². The molecule has 0 aromatic heterocycles. The van der Waals surface area contributed by atoms with Crippen molar-refractivity contribution in [1.29, 1.82) is 0 Å². The average molecular weight is 139 g/mol. The Labute approximate surface area is 61.3 Å². The Morgan fingerprint density at radius 3 is 2.70 bits per heavy atom. The number of aliphatic hydroxyl groups excluding tert-OH is 1. The van der Waals surface area contributed by atoms with Gasteiger partial charge in [-0.25, -0.2) is 0 Å². The largest absolute Gasteiger partial charge is 0.392 e. The predicted octanol–water partition coefficient (Wildman–Crippen LogP) is 0.802. The summed E-state index contributed by atoms with van der Waals surface area (Å²) in [6.07, 6.45) is 6.02. The van der Waals surface area contributed by atoms with Gasteiger partial charge in [-0.15, -0.1) is 0 Å². The minimum Gasteiger partial charge on any atom is -0.392 e. The van der Waals surface area contributed by atoms with E-state index in [0.717, 1.165) is 18.4 Å². The molecular formula is C8H13NO. The van der Waals surface area contributed by atoms with E-state index in [2.05, 4.69) is 5.32 Å². The van der Waals surface area contributed by atoms with Gasteiger partial charge in [0.05, 0.1) is 6.61 Å². The topological polar surface area (TPSA) is 32.3 Å². The molecule has 0 heterocycles. The summed E-state index contributed by atoms with van der Waals surface area (Å²) in [6, 6.07) is 0. The Kier molecular flexibility index (Phi) is 2.51. The maximum atomic E-state index is 8.73. The number of allylic oxidation sites excluding steroid dienone is 3. The number of hydrogen-bond donors (Lipinski definition) is 2. The van der Waals surface area contributed by atoms with Crippen LogP contribution in [0.25, 0.3) is 0 Å². The van der Waals surface area contributed by atoms with Gasteiger partial charge in [-0.3, -0.25) is 0 Å². The highest BCUT2D eigenvalue weighted by Gasteiger charge is 2.02. The molecule has 1 rings (SSSR count). The molecule has 2 nitrogen and oxygen atoms in total. The van der Waals surface area contributed by atoms with Gasteiger partial charge in [0, 0.05) is 12.7 Å². The van der Waals surface area contributed by atoms with Crippen LogP contribution in [-0.2, 0) is 0 Å². The molecule has 0 spiro atoms. The van der Waals surface area contributed by atoms with Gasteiger partial charge >= 0.3 is 0 Å². The van der Waals surface area contributed by atoms with Gasteiger partial charge < -0.3 is 10.4 Å². The van der Waals surface area contributed by atoms with Gasteiger partial charge in [0.1, 0.15) is 0 Å². The average Bonchev–Trinajstić information content (AvgIpc) is 2.05. The van der Waals surface area contributed by atoms with Gasteiger partial charge in [0.2, 0.25) is 0 Å². The molecule has 0 radical (unpaired) electrons. The number of rotatable bonds is 2. The zero-order valence-electron chi connectivity index (χ0n) is 6.22. The molecule has 0 saturated heterocycles. The molecule has 0 aromatic rings. The first-order valence-corrected chi connectivity index (χ1v) is 3.54. The Hall–Kier alpha value is -0.760. The van der Waals surface area contributed by atoms with Crippen molar-refractivity contribution in [3.63, 3.8) is 0 Å². The summed E-state index contributed by atoms with van der Waals surface area (Å²) in [5.41, 5.74) is 2.37. The normalized spacial score (nSPS) is 17.8. The lowest BCUT2D eigenvalue weighted by Crippen LogP contribution is -2.09. The van der Waals surface area contributed by atoms with E-state index in [1.165, 1.54) is 5.70 Å². The van der Waals surface area contributed by atoms with E-state index in [4.69, 9.17) is 5.11 Å². The van der Waals surface area contributed by atoms with Crippen LogP contribution < -0.4 is 5.32 Å². The third kappa shape index (κ3) is 1.61. The fourth-order valence-corrected chi connectivity index (χ4v) is 1.02. The van der Waals surface area contributed by atoms with E-state index >= 15 is 0 Å². The van der Waals surface area contributed by atoms with Crippen molar-refractivity contribution in [3.8, 4) is 0 Å². The zero-order valence-corrected chi connectivity index (χ0v) is 6.22. The lowest BCUT2D eigenvalue weighted by molar-refractivity contribution is 0.326. The van der Waals surface area contributed by atoms with Crippen LogP contribution in [0.4, 0.5) is 0 Å². The van der Waals surface area contributed by atoms with Crippen molar-refractivity contribution in [1.82, 2.24) is 5.32 Å². The molecule has 2 heteroatoms. The molecule has 56 valence electrons. The monoisotopic (exact) mass is 139 g/mol. The van der Waals surface area contributed by atoms with Crippen molar-refractivity contribution in [2.75, 3.05) is 13.7 Å². The van der Waals surface area contributed by atoms with Crippen LogP contribution in [0.5, 0.6) is 0 Å². The second-order valence-electron chi connectivity index (χ2n) is 2.42. The van der Waals surface area contributed by atoms with Gasteiger partial charge in [-0.2, -0.15) is 0 Å². The van der Waals surface area contributed by atoms with Crippen molar-refractivity contribution in [3.05, 3.63) is 23.4 Å². The van der Waals surface area contributed by atoms with Gasteiger partial charge in [-0.1, -0.05) is 6.08 Å². The molecule has 1 aliphatic rings. The van der Waals surface area contributed by atoms with Crippen LogP contribution >= 0.6 is 0 Å². The summed E-state index contributed by atoms with van der Waals surface area (Å²) >= 11 is 0. The van der Waals surface area contributed by atoms with Gasteiger partial charge in [0.25, 0.3) is 0 Å². The highest BCUT2D eigenvalue weighted by Crippen LogP contribution is 2.14. The summed E-state index contributed by atoms with van der Waals surface area (Å²) in [7, 11) is 1.92. The van der Waals surface area contributed by atoms with Crippen LogP contribution in [0.15, 0.2) is 23.4 Å². The lowest BCUT2D eigenvalue weighted by atomic mass is 10.0. The van der Waals surface area contributed by atoms with E-state index in [0.29, 0.717) is 0 Å². The first-order chi connectivity index (χ1) is 4.86. The molecule has 0 saturated carbocycles. The van der Waals surface area contributed by atoms with Gasteiger partial charge in [-0.05, 0) is 24.5 Å². The van der Waals surface area contributed by atoms with Crippen molar-refractivity contribution >= 4 is 0 Å². The van der Waals surface area contributed by atoms with E-state index in [1.54, 1.807) is 0 Å². The Morgan fingerprint density at radius 2 is 2.30 bits per heavy atom. The minimum absolute atomic E-state index is 0.202. The summed E-state index contributed by atoms with van der Waals surface area (Å²) in [4.78, 5) is 0. The maximum absolute atomic E-state index is 8.73. The Bertz CT molecular complexity index is 150. The Morgan fingerprint density at radius 1 is 1.50 bits per heavy atom. The molecule has 2 N–H and O–H groups in total. The Balaban J connectivity index is 2.55. The zero-order chi connectivity index (χ0) is 7.40. The van der Waals surface area contributed by atoms with Crippen molar-refractivity contribution in [2.24, 2.45) is 0 Å². The summed E-state index contributed by atoms with van der Waals surface area (Å²) < 4.78 is 0. The number of nitrogens with one attached hydrogen (secondary N) is 1. The first-order valence-electron chi connectivity index (χ1n) is 3.54. The van der Waals surface area contributed by atoms with Crippen molar-refractivity contribution in [2.45, 2.75) is 12.8 Å². The smallest absolute Gasteiger partial charge is 0.0644 e. The highest BCUT2D eigenvalue weighted by atomic mass is 16.3. The molecule has 0 atom stereocenters. The van der Waals surface area contributed by atoms with E-state index in [-0.39, 0.29) is 6.61 Å². The third-order valence-electron chi connectivity index (χ3n) is 1.76. The fourth-order valence-electron chi connectivity index (χ4n) is 1.02. The summed E-state index contributed by atoms with van der Waals surface area (Å²) in [5.74, 6) is 0. The molecule has 10 heavy (non-hydrogen) atoms. The van der Waals surface area contributed by atoms with Crippen LogP contribution in [0.3, 0.4) is 0 Å². The highest BCUT2D eigenvalue weighted by molar-refractivity contribution is 5.22. The second kappa shape index (κ2) is 3.42. The van der Waals surface area contributed by atoms with Crippen LogP contribution in [0, 0.1) is 0 Å². The van der Waals surface area contributed by atoms with Crippen LogP contribution in [0.2, 0.25) is 0 Å². The van der Waals surface area contributed by atoms with E-state index < -0.39 is 0 Å². The lowest BCUT2D eigenvalue weighted by Gasteiger charge is -2.11. The van der Waals surface area contributed by atoms with E-state index in [1.807, 2.05) is 19.2 Å². The summed E-state index contributed by atoms with van der Waals surface area (Å²) in [6.45, 7) is 0.202. The predicted molar refractivity (Wildman–Crippen MR) is 41.5 cm³/mol. The quantitative estimate of drug-likeness (QED) is 0.593. The number of aliphatic hydroxyl groups is 1. The molecule has 0 unspecified atom stereocenters. The van der Waals surface area contributed by atoms with Crippen molar-refractivity contribution < 1.29 is 5.11 Å². The molecular weight excluding hydrogens is 126 g/mol. The molecule has 0 bridgehead atoms. The van der Waals surface area contributed by atoms with E-state index in [9.17, 15) is 0 Å². The molecule has 0 aliphatic heterocycles. The molecule has 0 amide bonds. The molecule has 1 aliphatic carbocycles. The van der Waals surface area contributed by atoms with Gasteiger partial charge in [0.15, 0.2) is 0 Å². The minimum atomic E-state index is 0.202. The molecule has 0 aromatic carbocycles.